The number of hydrogen-bond acceptors (Lipinski definition) is 2. The van der Waals surface area contributed by atoms with E-state index in [0.29, 0.717) is 44.9 Å². The summed E-state index contributed by atoms with van der Waals surface area (Å²) in [7, 11) is 0. The normalized spacial score (nSPS) is 57.7. The molecule has 0 aromatic heterocycles. The van der Waals surface area contributed by atoms with Gasteiger partial charge in [0, 0.05) is 11.8 Å². The van der Waals surface area contributed by atoms with Gasteiger partial charge in [-0.15, -0.1) is 0 Å². The van der Waals surface area contributed by atoms with Crippen LogP contribution in [0.3, 0.4) is 0 Å². The molecule has 0 spiro atoms. The Morgan fingerprint density at radius 1 is 0.750 bits per heavy atom. The number of hydrogen-bond donors (Lipinski definition) is 0. The molecule has 2 heteroatoms. The third kappa shape index (κ3) is 2.35. The molecule has 0 radical (unpaired) electrons. The zero-order chi connectivity index (χ0) is 22.9. The predicted octanol–water partition coefficient (Wildman–Crippen LogP) is 7.45. The fourth-order valence-corrected chi connectivity index (χ4v) is 11.8. The van der Waals surface area contributed by atoms with Gasteiger partial charge >= 0.3 is 0 Å². The minimum atomic E-state index is -0.136. The van der Waals surface area contributed by atoms with Crippen LogP contribution in [0.15, 0.2) is 0 Å². The molecule has 0 aromatic carbocycles. The summed E-state index contributed by atoms with van der Waals surface area (Å²) in [5.74, 6) is 3.46. The highest BCUT2D eigenvalue weighted by molar-refractivity contribution is 5.85. The number of Topliss-reactive ketones (excluding diaryl/α,β-unsaturated/α-hetero) is 1. The Morgan fingerprint density at radius 2 is 1.47 bits per heavy atom. The summed E-state index contributed by atoms with van der Waals surface area (Å²) < 4.78 is 6.70. The lowest BCUT2D eigenvalue weighted by Crippen LogP contribution is -2.67. The van der Waals surface area contributed by atoms with E-state index >= 15 is 0 Å². The average molecular weight is 441 g/mol. The fraction of sp³-hybridized carbons (Fsp3) is 0.967. The maximum atomic E-state index is 12.9. The van der Waals surface area contributed by atoms with E-state index in [1.54, 1.807) is 0 Å². The van der Waals surface area contributed by atoms with Gasteiger partial charge in [0.15, 0.2) is 0 Å². The summed E-state index contributed by atoms with van der Waals surface area (Å²) in [5, 5.41) is 0. The molecular formula is C30H48O2. The zero-order valence-electron chi connectivity index (χ0n) is 22.0. The van der Waals surface area contributed by atoms with Crippen LogP contribution < -0.4 is 0 Å². The van der Waals surface area contributed by atoms with E-state index in [0.717, 1.165) is 37.2 Å². The van der Waals surface area contributed by atoms with E-state index in [9.17, 15) is 4.79 Å². The lowest BCUT2D eigenvalue weighted by Gasteiger charge is -2.72. The predicted molar refractivity (Wildman–Crippen MR) is 129 cm³/mol. The van der Waals surface area contributed by atoms with Crippen LogP contribution in [-0.2, 0) is 9.53 Å². The molecule has 0 amide bonds. The van der Waals surface area contributed by atoms with Crippen molar-refractivity contribution >= 4 is 5.78 Å². The molecule has 2 nitrogen and oxygen atoms in total. The van der Waals surface area contributed by atoms with Crippen molar-refractivity contribution < 1.29 is 9.53 Å². The number of ether oxygens (including phenoxy) is 1. The monoisotopic (exact) mass is 440 g/mol. The van der Waals surface area contributed by atoms with Crippen molar-refractivity contribution in [2.75, 3.05) is 6.61 Å². The molecule has 5 aliphatic carbocycles. The summed E-state index contributed by atoms with van der Waals surface area (Å²) >= 11 is 0. The van der Waals surface area contributed by atoms with Gasteiger partial charge in [-0.2, -0.15) is 0 Å². The van der Waals surface area contributed by atoms with Crippen molar-refractivity contribution in [3.8, 4) is 0 Å². The zero-order valence-corrected chi connectivity index (χ0v) is 22.0. The Kier molecular flexibility index (Phi) is 4.31. The molecule has 32 heavy (non-hydrogen) atoms. The maximum Gasteiger partial charge on any atom is 0.138 e. The highest BCUT2D eigenvalue weighted by Gasteiger charge is 2.72. The standard InChI is InChI=1S/C30H48O2/c1-25(2)14-16-30-17-15-28(6)19(23(30)24(25)32-18-30)8-9-21-27(5)12-11-22(31)26(3,4)20(27)10-13-29(21,28)7/h19-21,23-24H,8-18H2,1-7H3/t19-,20-,21-,23-,24-,27+,28-,29-,30+/m1/s1. The van der Waals surface area contributed by atoms with Crippen molar-refractivity contribution in [1.29, 1.82) is 0 Å². The van der Waals surface area contributed by atoms with Gasteiger partial charge in [0.2, 0.25) is 0 Å². The maximum absolute atomic E-state index is 12.9. The van der Waals surface area contributed by atoms with Gasteiger partial charge in [-0.25, -0.2) is 0 Å². The van der Waals surface area contributed by atoms with Crippen LogP contribution in [0.5, 0.6) is 0 Å². The molecule has 1 saturated heterocycles. The van der Waals surface area contributed by atoms with Crippen LogP contribution in [0.4, 0.5) is 0 Å². The van der Waals surface area contributed by atoms with E-state index in [1.807, 2.05) is 0 Å². The molecule has 180 valence electrons. The topological polar surface area (TPSA) is 26.3 Å². The van der Waals surface area contributed by atoms with Crippen LogP contribution in [0.1, 0.15) is 113 Å². The molecule has 0 unspecified atom stereocenters. The first-order chi connectivity index (χ1) is 14.8. The summed E-state index contributed by atoms with van der Waals surface area (Å²) in [6, 6.07) is 0. The smallest absolute Gasteiger partial charge is 0.138 e. The van der Waals surface area contributed by atoms with Crippen LogP contribution in [-0.4, -0.2) is 18.5 Å². The van der Waals surface area contributed by atoms with Gasteiger partial charge in [0.25, 0.3) is 0 Å². The molecule has 0 aromatic rings. The van der Waals surface area contributed by atoms with Crippen LogP contribution in [0.25, 0.3) is 0 Å². The number of carbonyl (C=O) groups is 1. The van der Waals surface area contributed by atoms with Gasteiger partial charge in [0.05, 0.1) is 12.7 Å². The molecule has 6 fully saturated rings. The first kappa shape index (κ1) is 22.1. The third-order valence-corrected chi connectivity index (χ3v) is 13.9. The largest absolute Gasteiger partial charge is 0.377 e. The number of rotatable bonds is 0. The molecule has 2 bridgehead atoms. The Bertz CT molecular complexity index is 842. The molecule has 6 aliphatic rings. The second-order valence-electron chi connectivity index (χ2n) is 15.4. The first-order valence-corrected chi connectivity index (χ1v) is 14.0. The average Bonchev–Trinajstić information content (AvgIpc) is 3.05. The van der Waals surface area contributed by atoms with E-state index in [2.05, 4.69) is 48.5 Å². The van der Waals surface area contributed by atoms with Crippen molar-refractivity contribution in [1.82, 2.24) is 0 Å². The summed E-state index contributed by atoms with van der Waals surface area (Å²) in [4.78, 5) is 12.9. The van der Waals surface area contributed by atoms with E-state index < -0.39 is 0 Å². The second-order valence-corrected chi connectivity index (χ2v) is 15.4. The van der Waals surface area contributed by atoms with Crippen molar-refractivity contribution in [2.24, 2.45) is 56.2 Å². The summed E-state index contributed by atoms with van der Waals surface area (Å²) in [6.07, 6.45) is 13.3. The minimum Gasteiger partial charge on any atom is -0.377 e. The van der Waals surface area contributed by atoms with Gasteiger partial charge in [-0.1, -0.05) is 48.5 Å². The lowest BCUT2D eigenvalue weighted by atomic mass is 9.31. The Morgan fingerprint density at radius 3 is 2.22 bits per heavy atom. The Hall–Kier alpha value is -0.370. The summed E-state index contributed by atoms with van der Waals surface area (Å²) in [6.45, 7) is 18.6. The Labute approximate surface area is 197 Å². The first-order valence-electron chi connectivity index (χ1n) is 14.0. The molecule has 1 heterocycles. The molecular weight excluding hydrogens is 392 g/mol. The Balaban J connectivity index is 1.40. The quantitative estimate of drug-likeness (QED) is 0.391. The van der Waals surface area contributed by atoms with Gasteiger partial charge in [-0.05, 0) is 109 Å². The van der Waals surface area contributed by atoms with E-state index in [1.165, 1.54) is 51.4 Å². The highest BCUT2D eigenvalue weighted by Crippen LogP contribution is 2.77. The molecule has 9 atom stereocenters. The highest BCUT2D eigenvalue weighted by atomic mass is 16.5. The van der Waals surface area contributed by atoms with Crippen molar-refractivity contribution in [2.45, 2.75) is 119 Å². The van der Waals surface area contributed by atoms with Gasteiger partial charge < -0.3 is 4.74 Å². The van der Waals surface area contributed by atoms with Gasteiger partial charge in [-0.3, -0.25) is 4.79 Å². The minimum absolute atomic E-state index is 0.136. The molecule has 1 aliphatic heterocycles. The fourth-order valence-electron chi connectivity index (χ4n) is 11.8. The van der Waals surface area contributed by atoms with E-state index in [-0.39, 0.29) is 5.41 Å². The second kappa shape index (κ2) is 6.24. The van der Waals surface area contributed by atoms with Crippen LogP contribution in [0, 0.1) is 56.2 Å². The van der Waals surface area contributed by atoms with Crippen LogP contribution >= 0.6 is 0 Å². The molecule has 5 saturated carbocycles. The van der Waals surface area contributed by atoms with E-state index in [4.69, 9.17) is 4.74 Å². The van der Waals surface area contributed by atoms with Gasteiger partial charge in [0.1, 0.15) is 5.78 Å². The van der Waals surface area contributed by atoms with Crippen molar-refractivity contribution in [3.05, 3.63) is 0 Å². The molecule has 6 rings (SSSR count). The number of carbonyl (C=O) groups excluding carboxylic acids is 1. The lowest BCUT2D eigenvalue weighted by molar-refractivity contribution is -0.239. The third-order valence-electron chi connectivity index (χ3n) is 13.9. The summed E-state index contributed by atoms with van der Waals surface area (Å²) in [5.41, 5.74) is 1.83. The number of fused-ring (bicyclic) bond motifs is 5. The van der Waals surface area contributed by atoms with Crippen molar-refractivity contribution in [3.63, 3.8) is 0 Å². The SMILES string of the molecule is CC1(C)CC[C@@]23CC[C@]4(C)[C@H](CC[C@@H]5[C@@]6(C)CCC(=O)C(C)(C)[C@H]6CC[C@]54C)[C@@H]2[C@H]1OC3. The molecule has 0 N–H and O–H groups in total. The number of ketones is 1. The van der Waals surface area contributed by atoms with Crippen LogP contribution in [0.2, 0.25) is 0 Å².